The minimum absolute atomic E-state index is 0.00837. The predicted octanol–water partition coefficient (Wildman–Crippen LogP) is 10.0. The van der Waals surface area contributed by atoms with Crippen LogP contribution in [0.4, 0.5) is 9.59 Å². The molecule has 3 heterocycles. The molecule has 2 aliphatic heterocycles. The maximum atomic E-state index is 13.7. The van der Waals surface area contributed by atoms with Crippen LogP contribution in [0.1, 0.15) is 88.8 Å². The molecule has 2 amide bonds. The van der Waals surface area contributed by atoms with Gasteiger partial charge in [0.25, 0.3) is 0 Å². The summed E-state index contributed by atoms with van der Waals surface area (Å²) in [5, 5.41) is 18.0. The Morgan fingerprint density at radius 1 is 0.841 bits per heavy atom. The Hall–Kier alpha value is -5.87. The van der Waals surface area contributed by atoms with Crippen molar-refractivity contribution in [2.75, 3.05) is 46.0 Å². The van der Waals surface area contributed by atoms with Gasteiger partial charge in [-0.05, 0) is 117 Å². The summed E-state index contributed by atoms with van der Waals surface area (Å²) in [6.07, 6.45) is 0.120. The van der Waals surface area contributed by atoms with Crippen LogP contribution in [0, 0.1) is 11.8 Å². The summed E-state index contributed by atoms with van der Waals surface area (Å²) in [5.74, 6) is 1.08. The number of piperidine rings is 1. The first-order chi connectivity index (χ1) is 32.8. The van der Waals surface area contributed by atoms with Crippen molar-refractivity contribution in [1.82, 2.24) is 20.5 Å². The van der Waals surface area contributed by atoms with E-state index in [4.69, 9.17) is 28.1 Å². The van der Waals surface area contributed by atoms with E-state index in [0.29, 0.717) is 57.3 Å². The van der Waals surface area contributed by atoms with Gasteiger partial charge in [0, 0.05) is 42.9 Å². The van der Waals surface area contributed by atoms with E-state index in [0.717, 1.165) is 52.8 Å². The number of amides is 2. The molecule has 0 aliphatic carbocycles. The van der Waals surface area contributed by atoms with E-state index in [1.54, 1.807) is 17.0 Å². The minimum Gasteiger partial charge on any atom is -0.506 e. The van der Waals surface area contributed by atoms with Crippen LogP contribution in [-0.4, -0.2) is 93.2 Å². The lowest BCUT2D eigenvalue weighted by Gasteiger charge is -2.46. The van der Waals surface area contributed by atoms with Gasteiger partial charge in [-0.3, -0.25) is 4.79 Å². The summed E-state index contributed by atoms with van der Waals surface area (Å²) in [4.78, 5) is 43.2. The van der Waals surface area contributed by atoms with E-state index in [1.165, 1.54) is 6.07 Å². The van der Waals surface area contributed by atoms with Gasteiger partial charge in [-0.2, -0.15) is 0 Å². The van der Waals surface area contributed by atoms with Gasteiger partial charge in [0.1, 0.15) is 35.6 Å². The fraction of sp³-hybridized carbons (Fsp3) is 0.463. The van der Waals surface area contributed by atoms with Gasteiger partial charge in [-0.1, -0.05) is 81.4 Å². The average Bonchev–Trinajstić information content (AvgIpc) is 3.29. The summed E-state index contributed by atoms with van der Waals surface area (Å²) in [7, 11) is -2.19. The number of unbranched alkanes of at least 4 members (excludes halogenated alkanes) is 1. The number of rotatable bonds is 18. The number of phenols is 1. The first-order valence-electron chi connectivity index (χ1n) is 24.1. The van der Waals surface area contributed by atoms with Crippen molar-refractivity contribution in [3.05, 3.63) is 136 Å². The van der Waals surface area contributed by atoms with Crippen molar-refractivity contribution in [2.45, 2.75) is 103 Å². The molecule has 2 aliphatic rings. The number of aromatic amines is 1. The number of carbonyl (C=O) groups is 2. The number of benzene rings is 4. The molecular weight excluding hydrogens is 893 g/mol. The van der Waals surface area contributed by atoms with Crippen molar-refractivity contribution >= 4 is 31.4 Å². The largest absolute Gasteiger partial charge is 0.506 e. The second-order valence-corrected chi connectivity index (χ2v) is 25.5. The molecular formula is C54H70N4O10Si. The zero-order valence-electron chi connectivity index (χ0n) is 41.3. The lowest BCUT2D eigenvalue weighted by Crippen LogP contribution is -2.59. The fourth-order valence-corrected chi connectivity index (χ4v) is 9.86. The molecule has 15 heteroatoms. The highest BCUT2D eigenvalue weighted by molar-refractivity contribution is 6.74. The Balaban J connectivity index is 0.905. The Morgan fingerprint density at radius 3 is 2.25 bits per heavy atom. The number of hydrogen-bond donors (Lipinski definition) is 4. The molecule has 4 N–H and O–H groups in total. The van der Waals surface area contributed by atoms with Gasteiger partial charge in [-0.15, -0.1) is 0 Å². The lowest BCUT2D eigenvalue weighted by atomic mass is 9.85. The molecule has 7 rings (SSSR count). The van der Waals surface area contributed by atoms with E-state index in [9.17, 15) is 19.5 Å². The molecule has 4 atom stereocenters. The van der Waals surface area contributed by atoms with E-state index in [1.807, 2.05) is 106 Å². The van der Waals surface area contributed by atoms with Crippen LogP contribution in [0.25, 0.3) is 10.9 Å². The second-order valence-electron chi connectivity index (χ2n) is 20.7. The van der Waals surface area contributed by atoms with Crippen molar-refractivity contribution in [2.24, 2.45) is 11.8 Å². The zero-order chi connectivity index (χ0) is 49.3. The Kier molecular flexibility index (Phi) is 16.4. The summed E-state index contributed by atoms with van der Waals surface area (Å²) in [6, 6.07) is 31.6. The molecule has 4 aromatic carbocycles. The number of phenolic OH excluding ortho intramolecular Hbond substituents is 1. The molecule has 3 unspecified atom stereocenters. The Bertz CT molecular complexity index is 2560. The number of nitrogens with zero attached hydrogens (tertiary/aromatic N) is 1. The van der Waals surface area contributed by atoms with E-state index in [-0.39, 0.29) is 40.4 Å². The van der Waals surface area contributed by atoms with Crippen molar-refractivity contribution in [3.8, 4) is 17.2 Å². The lowest BCUT2D eigenvalue weighted by molar-refractivity contribution is -0.124. The third-order valence-electron chi connectivity index (χ3n) is 13.1. The number of likely N-dealkylation sites (tertiary alicyclic amines) is 1. The smallest absolute Gasteiger partial charge is 0.410 e. The average molecular weight is 963 g/mol. The van der Waals surface area contributed by atoms with Gasteiger partial charge in [-0.25, -0.2) is 9.59 Å². The molecule has 69 heavy (non-hydrogen) atoms. The highest BCUT2D eigenvalue weighted by atomic mass is 28.4. The van der Waals surface area contributed by atoms with Crippen molar-refractivity contribution in [1.29, 1.82) is 0 Å². The third-order valence-corrected chi connectivity index (χ3v) is 17.6. The van der Waals surface area contributed by atoms with Gasteiger partial charge in [0.15, 0.2) is 8.32 Å². The van der Waals surface area contributed by atoms with Crippen LogP contribution in [0.15, 0.2) is 108 Å². The number of fused-ring (bicyclic) bond motifs is 3. The summed E-state index contributed by atoms with van der Waals surface area (Å²) in [5.41, 5.74) is 3.13. The van der Waals surface area contributed by atoms with Crippen LogP contribution in [-0.2, 0) is 25.2 Å². The molecule has 5 aromatic rings. The van der Waals surface area contributed by atoms with Crippen LogP contribution in [0.2, 0.25) is 18.1 Å². The molecule has 0 spiro atoms. The quantitative estimate of drug-likeness (QED) is 0.0487. The molecule has 14 nitrogen and oxygen atoms in total. The maximum Gasteiger partial charge on any atom is 0.410 e. The van der Waals surface area contributed by atoms with Gasteiger partial charge < -0.3 is 53.7 Å². The number of H-pyrrole nitrogens is 1. The molecule has 2 fully saturated rings. The topological polar surface area (TPSA) is 170 Å². The number of alkyl carbamates (subject to hydrolysis) is 1. The van der Waals surface area contributed by atoms with Crippen LogP contribution in [0.5, 0.6) is 17.2 Å². The first kappa shape index (κ1) is 51.0. The number of pyridine rings is 1. The van der Waals surface area contributed by atoms with Crippen molar-refractivity contribution < 1.29 is 42.8 Å². The summed E-state index contributed by atoms with van der Waals surface area (Å²) >= 11 is 0. The fourth-order valence-electron chi connectivity index (χ4n) is 8.59. The standard InChI is InChI=1S/C54H70N4O10Si/c1-53(2,3)67-52(62)58-31-39-34-63-35-40(32-58)50(39)66-51(61)57-48(37-17-10-9-11-18-37)38-19-15-21-42(29-38)65-33-36-16-14-20-41(28-36)64-27-13-12-26-55-30-46(68-69(7,8)54(4,5)6)43-22-24-45(59)49-44(43)23-25-47(60)56-49/h9-11,14-25,28-29,39-40,46,48,50,55,59H,12-13,26-27,30-35H2,1-8H3,(H,56,60)(H,57,61)/t39?,40?,46-,48?,50?/m0/s1. The third kappa shape index (κ3) is 13.7. The molecule has 0 saturated carbocycles. The minimum atomic E-state index is -2.19. The highest BCUT2D eigenvalue weighted by Crippen LogP contribution is 2.41. The summed E-state index contributed by atoms with van der Waals surface area (Å²) < 4.78 is 37.0. The number of hydrogen-bond acceptors (Lipinski definition) is 11. The van der Waals surface area contributed by atoms with Crippen LogP contribution in [0.3, 0.4) is 0 Å². The van der Waals surface area contributed by atoms with Gasteiger partial charge >= 0.3 is 12.2 Å². The molecule has 2 bridgehead atoms. The first-order valence-corrected chi connectivity index (χ1v) is 27.0. The number of aromatic hydroxyl groups is 1. The molecule has 1 aromatic heterocycles. The van der Waals surface area contributed by atoms with Gasteiger partial charge in [0.05, 0.1) is 37.5 Å². The Morgan fingerprint density at radius 2 is 1.54 bits per heavy atom. The van der Waals surface area contributed by atoms with E-state index >= 15 is 0 Å². The monoisotopic (exact) mass is 962 g/mol. The predicted molar refractivity (Wildman–Crippen MR) is 269 cm³/mol. The molecule has 370 valence electrons. The van der Waals surface area contributed by atoms with Gasteiger partial charge in [0.2, 0.25) is 5.56 Å². The SMILES string of the molecule is CC(C)(C)OC(=O)N1CC2COCC(C1)C2OC(=O)NC(c1ccccc1)c1cccc(OCc2cccc(OCCCCNC[C@H](O[Si](C)(C)C(C)(C)C)c3ccc(O)c4[nH]c(=O)ccc34)c2)c1. The number of nitrogens with one attached hydrogen (secondary N) is 3. The maximum absolute atomic E-state index is 13.7. The highest BCUT2D eigenvalue weighted by Gasteiger charge is 2.45. The van der Waals surface area contributed by atoms with E-state index in [2.05, 4.69) is 49.5 Å². The second kappa shape index (κ2) is 22.3. The number of carbonyl (C=O) groups excluding carboxylic acids is 2. The number of ether oxygens (including phenoxy) is 5. The van der Waals surface area contributed by atoms with E-state index < -0.39 is 32.2 Å². The molecule has 0 radical (unpaired) electrons. The van der Waals surface area contributed by atoms with Crippen molar-refractivity contribution in [3.63, 3.8) is 0 Å². The number of aromatic nitrogens is 1. The normalized spacial score (nSPS) is 18.3. The van der Waals surface area contributed by atoms with Crippen LogP contribution < -0.4 is 25.7 Å². The van der Waals surface area contributed by atoms with Crippen LogP contribution >= 0.6 is 0 Å². The zero-order valence-corrected chi connectivity index (χ0v) is 42.3. The summed E-state index contributed by atoms with van der Waals surface area (Å²) in [6.45, 7) is 20.3. The Labute approximate surface area is 407 Å². The molecule has 2 saturated heterocycles.